The molecule has 0 aliphatic carbocycles. The zero-order valence-corrected chi connectivity index (χ0v) is 63.5. The van der Waals surface area contributed by atoms with Crippen LogP contribution in [0, 0.1) is 0 Å². The van der Waals surface area contributed by atoms with E-state index in [4.69, 9.17) is 37.0 Å². The number of ether oxygens (including phenoxy) is 4. The predicted molar refractivity (Wildman–Crippen MR) is 399 cm³/mol. The third kappa shape index (κ3) is 70.4. The zero-order valence-electron chi connectivity index (χ0n) is 61.7. The summed E-state index contributed by atoms with van der Waals surface area (Å²) in [6.45, 7) is 4.66. The van der Waals surface area contributed by atoms with Gasteiger partial charge in [-0.15, -0.1) is 0 Å². The van der Waals surface area contributed by atoms with Gasteiger partial charge in [-0.1, -0.05) is 266 Å². The number of esters is 4. The Kier molecular flexibility index (Phi) is 68.4. The molecule has 0 fully saturated rings. The van der Waals surface area contributed by atoms with Gasteiger partial charge in [-0.3, -0.25) is 37.3 Å². The number of unbranched alkanes of at least 4 members (excludes halogenated alkanes) is 30. The monoisotopic (exact) mass is 1420 g/mol. The van der Waals surface area contributed by atoms with Crippen molar-refractivity contribution in [1.82, 2.24) is 0 Å². The van der Waals surface area contributed by atoms with Crippen molar-refractivity contribution in [2.45, 2.75) is 341 Å². The second kappa shape index (κ2) is 71.4. The number of hydrogen-bond acceptors (Lipinski definition) is 15. The molecule has 0 aromatic rings. The standard InChI is InChI=1S/C79H138O17P2/c1-5-9-13-17-21-25-29-32-34-35-36-37-39-42-45-48-52-56-60-64-77(82)90-70-75(96-79(84)66-62-58-54-50-46-40-31-27-23-19-15-11-7-3)72-94-98(87,88)92-68-73(80)67-91-97(85,86)93-71-74(95-78(83)65-61-57-53-49-43-28-24-20-16-12-8-4)69-89-76(81)63-59-55-51-47-44-41-38-33-30-26-22-18-14-10-6-2/h10,14,21-22,25-27,31-34,36-38,44,47,73-75,80H,5-9,11-13,15-20,23-24,28-30,35,39-43,45-46,48-72H2,1-4H3,(H,85,86)(H,87,88)/b14-10-,25-21-,26-22-,31-27-,34-32-,37-36-,38-33-,47-44-. The summed E-state index contributed by atoms with van der Waals surface area (Å²) in [6.07, 6.45) is 74.0. The van der Waals surface area contributed by atoms with E-state index in [-0.39, 0.29) is 25.7 Å². The van der Waals surface area contributed by atoms with Crippen LogP contribution in [0.3, 0.4) is 0 Å². The van der Waals surface area contributed by atoms with Crippen molar-refractivity contribution in [3.05, 3.63) is 97.2 Å². The summed E-state index contributed by atoms with van der Waals surface area (Å²) in [5.41, 5.74) is 0. The molecule has 0 amide bonds. The first kappa shape index (κ1) is 94.0. The van der Waals surface area contributed by atoms with Gasteiger partial charge in [0.05, 0.1) is 26.4 Å². The number of carbonyl (C=O) groups excluding carboxylic acids is 4. The van der Waals surface area contributed by atoms with Crippen LogP contribution in [0.2, 0.25) is 0 Å². The molecule has 0 heterocycles. The van der Waals surface area contributed by atoms with Gasteiger partial charge in [0.25, 0.3) is 0 Å². The highest BCUT2D eigenvalue weighted by atomic mass is 31.2. The van der Waals surface area contributed by atoms with Crippen LogP contribution >= 0.6 is 15.6 Å². The van der Waals surface area contributed by atoms with Crippen molar-refractivity contribution >= 4 is 39.5 Å². The lowest BCUT2D eigenvalue weighted by atomic mass is 10.1. The van der Waals surface area contributed by atoms with E-state index in [1.807, 2.05) is 0 Å². The van der Waals surface area contributed by atoms with Crippen molar-refractivity contribution < 1.29 is 80.2 Å². The molecule has 0 saturated heterocycles. The van der Waals surface area contributed by atoms with Crippen molar-refractivity contribution in [2.75, 3.05) is 39.6 Å². The number of rotatable bonds is 72. The Balaban J connectivity index is 5.34. The molecule has 0 rings (SSSR count). The van der Waals surface area contributed by atoms with E-state index in [0.29, 0.717) is 25.7 Å². The summed E-state index contributed by atoms with van der Waals surface area (Å²) in [5.74, 6) is -2.23. The topological polar surface area (TPSA) is 237 Å². The fourth-order valence-corrected chi connectivity index (χ4v) is 11.7. The van der Waals surface area contributed by atoms with E-state index >= 15 is 0 Å². The Hall–Kier alpha value is -4.02. The van der Waals surface area contributed by atoms with Crippen molar-refractivity contribution in [2.24, 2.45) is 0 Å². The average Bonchev–Trinajstić information content (AvgIpc) is 1.94. The Morgan fingerprint density at radius 3 is 0.878 bits per heavy atom. The van der Waals surface area contributed by atoms with Crippen LogP contribution in [0.1, 0.15) is 323 Å². The van der Waals surface area contributed by atoms with Gasteiger partial charge in [-0.05, 0) is 128 Å². The third-order valence-electron chi connectivity index (χ3n) is 16.0. The third-order valence-corrected chi connectivity index (χ3v) is 17.9. The minimum Gasteiger partial charge on any atom is -0.462 e. The number of allylic oxidation sites excluding steroid dienone is 16. The summed E-state index contributed by atoms with van der Waals surface area (Å²) < 4.78 is 68.4. The quantitative estimate of drug-likeness (QED) is 0.0169. The fourth-order valence-electron chi connectivity index (χ4n) is 10.2. The van der Waals surface area contributed by atoms with Crippen LogP contribution in [0.5, 0.6) is 0 Å². The van der Waals surface area contributed by atoms with Crippen molar-refractivity contribution in [3.8, 4) is 0 Å². The van der Waals surface area contributed by atoms with Gasteiger partial charge < -0.3 is 33.8 Å². The first-order valence-corrected chi connectivity index (χ1v) is 41.5. The van der Waals surface area contributed by atoms with Gasteiger partial charge in [0.2, 0.25) is 0 Å². The molecule has 3 N–H and O–H groups in total. The molecule has 19 heteroatoms. The number of aliphatic hydroxyl groups is 1. The summed E-state index contributed by atoms with van der Waals surface area (Å²) in [5, 5.41) is 10.6. The summed E-state index contributed by atoms with van der Waals surface area (Å²) in [4.78, 5) is 72.8. The average molecular weight is 1420 g/mol. The highest BCUT2D eigenvalue weighted by Gasteiger charge is 2.30. The largest absolute Gasteiger partial charge is 0.472 e. The normalized spacial score (nSPS) is 14.5. The van der Waals surface area contributed by atoms with E-state index in [1.165, 1.54) is 83.5 Å². The maximum absolute atomic E-state index is 13.1. The second-order valence-electron chi connectivity index (χ2n) is 25.6. The molecule has 5 atom stereocenters. The molecule has 0 aromatic carbocycles. The van der Waals surface area contributed by atoms with Gasteiger partial charge in [0, 0.05) is 25.7 Å². The van der Waals surface area contributed by atoms with Crippen LogP contribution in [-0.4, -0.2) is 96.7 Å². The van der Waals surface area contributed by atoms with Crippen LogP contribution < -0.4 is 0 Å². The molecule has 0 spiro atoms. The number of phosphoric acid groups is 2. The lowest BCUT2D eigenvalue weighted by Crippen LogP contribution is -2.30. The summed E-state index contributed by atoms with van der Waals surface area (Å²) >= 11 is 0. The molecular formula is C79H138O17P2. The predicted octanol–water partition coefficient (Wildman–Crippen LogP) is 22.0. The van der Waals surface area contributed by atoms with Crippen molar-refractivity contribution in [3.63, 3.8) is 0 Å². The van der Waals surface area contributed by atoms with E-state index in [1.54, 1.807) is 0 Å². The van der Waals surface area contributed by atoms with Crippen LogP contribution in [0.4, 0.5) is 0 Å². The minimum absolute atomic E-state index is 0.0817. The molecule has 98 heavy (non-hydrogen) atoms. The van der Waals surface area contributed by atoms with E-state index in [9.17, 15) is 43.2 Å². The van der Waals surface area contributed by atoms with E-state index in [2.05, 4.69) is 125 Å². The van der Waals surface area contributed by atoms with Crippen molar-refractivity contribution in [1.29, 1.82) is 0 Å². The van der Waals surface area contributed by atoms with Gasteiger partial charge >= 0.3 is 39.5 Å². The lowest BCUT2D eigenvalue weighted by Gasteiger charge is -2.21. The maximum atomic E-state index is 13.1. The lowest BCUT2D eigenvalue weighted by molar-refractivity contribution is -0.161. The Bertz CT molecular complexity index is 2240. The fraction of sp³-hybridized carbons (Fsp3) is 0.747. The van der Waals surface area contributed by atoms with Gasteiger partial charge in [-0.25, -0.2) is 9.13 Å². The first-order valence-electron chi connectivity index (χ1n) is 38.5. The van der Waals surface area contributed by atoms with Crippen LogP contribution in [-0.2, 0) is 65.4 Å². The van der Waals surface area contributed by atoms with Gasteiger partial charge in [-0.2, -0.15) is 0 Å². The highest BCUT2D eigenvalue weighted by Crippen LogP contribution is 2.45. The number of phosphoric ester groups is 2. The molecule has 0 bridgehead atoms. The molecular weight excluding hydrogens is 1280 g/mol. The Morgan fingerprint density at radius 2 is 0.531 bits per heavy atom. The maximum Gasteiger partial charge on any atom is 0.472 e. The first-order chi connectivity index (χ1) is 47.7. The molecule has 0 aliphatic heterocycles. The summed E-state index contributed by atoms with van der Waals surface area (Å²) in [6, 6.07) is 0. The molecule has 0 aliphatic rings. The van der Waals surface area contributed by atoms with Gasteiger partial charge in [0.1, 0.15) is 19.3 Å². The smallest absolute Gasteiger partial charge is 0.462 e. The van der Waals surface area contributed by atoms with Crippen LogP contribution in [0.25, 0.3) is 0 Å². The minimum atomic E-state index is -4.98. The molecule has 566 valence electrons. The second-order valence-corrected chi connectivity index (χ2v) is 28.5. The number of hydrogen-bond donors (Lipinski definition) is 3. The van der Waals surface area contributed by atoms with E-state index in [0.717, 1.165) is 161 Å². The summed E-state index contributed by atoms with van der Waals surface area (Å²) in [7, 11) is -9.96. The molecule has 17 nitrogen and oxygen atoms in total. The Labute approximate surface area is 595 Å². The number of carbonyl (C=O) groups is 4. The SMILES string of the molecule is CC/C=C\C/C=C\C/C=C\C/C=C\CCCCC(=O)OCC(COP(=O)(O)OCC(O)COP(=O)(O)OCC(COC(=O)CCCCCCCC/C=C\C/C=C\C/C=C\CCCCC)OC(=O)CCCCCCC/C=C\CCCCCC)OC(=O)CCCCCCCCCCCCC. The Morgan fingerprint density at radius 1 is 0.296 bits per heavy atom. The molecule has 0 radical (unpaired) electrons. The van der Waals surface area contributed by atoms with Gasteiger partial charge in [0.15, 0.2) is 12.2 Å². The number of aliphatic hydroxyl groups excluding tert-OH is 1. The molecule has 5 unspecified atom stereocenters. The highest BCUT2D eigenvalue weighted by molar-refractivity contribution is 7.47. The zero-order chi connectivity index (χ0) is 71.8. The van der Waals surface area contributed by atoms with E-state index < -0.39 is 97.5 Å². The molecule has 0 aromatic heterocycles. The molecule has 0 saturated carbocycles. The van der Waals surface area contributed by atoms with Crippen LogP contribution in [0.15, 0.2) is 97.2 Å².